The number of ether oxygens (including phenoxy) is 2. The van der Waals surface area contributed by atoms with Gasteiger partial charge in [-0.1, -0.05) is 29.8 Å². The molecular formula is C21H25ClN2O4S. The van der Waals surface area contributed by atoms with E-state index in [2.05, 4.69) is 5.32 Å². The number of benzene rings is 2. The number of carbonyl (C=O) groups is 2. The highest BCUT2D eigenvalue weighted by Crippen LogP contribution is 2.28. The smallest absolute Gasteiger partial charge is 0.259 e. The fourth-order valence-corrected chi connectivity index (χ4v) is 3.37. The molecule has 0 atom stereocenters. The molecule has 0 aliphatic rings. The number of halogens is 1. The molecule has 8 heteroatoms. The van der Waals surface area contributed by atoms with E-state index in [0.29, 0.717) is 28.8 Å². The molecule has 6 nitrogen and oxygen atoms in total. The van der Waals surface area contributed by atoms with Crippen LogP contribution in [0.1, 0.15) is 11.1 Å². The van der Waals surface area contributed by atoms with Crippen molar-refractivity contribution in [2.75, 3.05) is 33.6 Å². The van der Waals surface area contributed by atoms with Crippen molar-refractivity contribution >= 4 is 35.2 Å². The van der Waals surface area contributed by atoms with Crippen LogP contribution in [0.5, 0.6) is 11.5 Å². The van der Waals surface area contributed by atoms with Gasteiger partial charge in [-0.2, -0.15) is 0 Å². The highest BCUT2D eigenvalue weighted by Gasteiger charge is 2.10. The third-order valence-corrected chi connectivity index (χ3v) is 5.20. The van der Waals surface area contributed by atoms with E-state index in [4.69, 9.17) is 21.1 Å². The lowest BCUT2D eigenvalue weighted by Crippen LogP contribution is -2.27. The number of likely N-dealkylation sites (N-methyl/N-ethyl adjacent to an activating group) is 1. The van der Waals surface area contributed by atoms with Crippen molar-refractivity contribution in [2.45, 2.75) is 12.3 Å². The van der Waals surface area contributed by atoms with Crippen molar-refractivity contribution in [1.82, 2.24) is 10.2 Å². The van der Waals surface area contributed by atoms with Gasteiger partial charge in [0.05, 0.1) is 12.9 Å². The Hall–Kier alpha value is -2.38. The minimum Gasteiger partial charge on any atom is -0.493 e. The maximum atomic E-state index is 12.1. The second kappa shape index (κ2) is 11.6. The maximum absolute atomic E-state index is 12.1. The molecule has 1 N–H and O–H groups in total. The standard InChI is InChI=1S/C21H25ClN2O4S/c1-24(2)21(26)12-28-18-8-7-15(10-19(18)27-3)11-23-20(25)14-29-13-16-5-4-6-17(22)9-16/h4-10H,11-14H2,1-3H3,(H,23,25). The van der Waals surface area contributed by atoms with Gasteiger partial charge in [-0.3, -0.25) is 9.59 Å². The summed E-state index contributed by atoms with van der Waals surface area (Å²) in [7, 11) is 4.87. The molecule has 0 fully saturated rings. The molecule has 0 aliphatic carbocycles. The Morgan fingerprint density at radius 2 is 1.90 bits per heavy atom. The third kappa shape index (κ3) is 7.87. The Morgan fingerprint density at radius 3 is 2.59 bits per heavy atom. The van der Waals surface area contributed by atoms with Crippen LogP contribution in [0.25, 0.3) is 0 Å². The fraction of sp³-hybridized carbons (Fsp3) is 0.333. The summed E-state index contributed by atoms with van der Waals surface area (Å²) in [6, 6.07) is 13.0. The minimum absolute atomic E-state index is 0.0482. The van der Waals surface area contributed by atoms with E-state index in [1.807, 2.05) is 30.3 Å². The van der Waals surface area contributed by atoms with Gasteiger partial charge in [0.25, 0.3) is 5.91 Å². The first-order chi connectivity index (χ1) is 13.9. The van der Waals surface area contributed by atoms with Gasteiger partial charge < -0.3 is 19.7 Å². The van der Waals surface area contributed by atoms with Crippen LogP contribution in [-0.4, -0.2) is 50.3 Å². The number of rotatable bonds is 10. The third-order valence-electron chi connectivity index (χ3n) is 3.96. The molecule has 0 saturated heterocycles. The summed E-state index contributed by atoms with van der Waals surface area (Å²) < 4.78 is 10.9. The van der Waals surface area contributed by atoms with Crippen LogP contribution in [0.2, 0.25) is 5.02 Å². The Kier molecular flexibility index (Phi) is 9.15. The second-order valence-corrected chi connectivity index (χ2v) is 7.88. The fourth-order valence-electron chi connectivity index (χ4n) is 2.35. The number of amides is 2. The van der Waals surface area contributed by atoms with Gasteiger partial charge in [-0.15, -0.1) is 11.8 Å². The molecule has 0 radical (unpaired) electrons. The highest BCUT2D eigenvalue weighted by atomic mass is 35.5. The van der Waals surface area contributed by atoms with E-state index in [1.165, 1.54) is 23.8 Å². The van der Waals surface area contributed by atoms with Gasteiger partial charge in [0.2, 0.25) is 5.91 Å². The summed E-state index contributed by atoms with van der Waals surface area (Å²) in [5, 5.41) is 3.58. The molecular weight excluding hydrogens is 412 g/mol. The maximum Gasteiger partial charge on any atom is 0.259 e. The van der Waals surface area contributed by atoms with Crippen molar-refractivity contribution < 1.29 is 19.1 Å². The predicted octanol–water partition coefficient (Wildman–Crippen LogP) is 3.37. The monoisotopic (exact) mass is 436 g/mol. The zero-order chi connectivity index (χ0) is 21.2. The topological polar surface area (TPSA) is 67.9 Å². The Morgan fingerprint density at radius 1 is 1.10 bits per heavy atom. The summed E-state index contributed by atoms with van der Waals surface area (Å²) in [6.07, 6.45) is 0. The first kappa shape index (κ1) is 22.9. The molecule has 2 aromatic carbocycles. The number of hydrogen-bond donors (Lipinski definition) is 1. The van der Waals surface area contributed by atoms with Crippen molar-refractivity contribution in [3.8, 4) is 11.5 Å². The molecule has 0 aliphatic heterocycles. The Bertz CT molecular complexity index is 845. The SMILES string of the molecule is COc1cc(CNC(=O)CSCc2cccc(Cl)c2)ccc1OCC(=O)N(C)C. The normalized spacial score (nSPS) is 10.3. The highest BCUT2D eigenvalue weighted by molar-refractivity contribution is 7.99. The lowest BCUT2D eigenvalue weighted by molar-refractivity contribution is -0.130. The number of nitrogens with zero attached hydrogens (tertiary/aromatic N) is 1. The molecule has 0 aromatic heterocycles. The molecule has 2 amide bonds. The predicted molar refractivity (Wildman–Crippen MR) is 117 cm³/mol. The van der Waals surface area contributed by atoms with Crippen molar-refractivity contribution in [3.63, 3.8) is 0 Å². The number of methoxy groups -OCH3 is 1. The lowest BCUT2D eigenvalue weighted by atomic mass is 10.2. The number of carbonyl (C=O) groups excluding carboxylic acids is 2. The molecule has 0 saturated carbocycles. The Balaban J connectivity index is 1.80. The van der Waals surface area contributed by atoms with Gasteiger partial charge >= 0.3 is 0 Å². The van der Waals surface area contributed by atoms with Crippen LogP contribution in [0.15, 0.2) is 42.5 Å². The van der Waals surface area contributed by atoms with Gasteiger partial charge in [0.15, 0.2) is 18.1 Å². The van der Waals surface area contributed by atoms with E-state index in [0.717, 1.165) is 16.9 Å². The van der Waals surface area contributed by atoms with E-state index in [-0.39, 0.29) is 18.4 Å². The van der Waals surface area contributed by atoms with Gasteiger partial charge in [-0.25, -0.2) is 0 Å². The molecule has 2 aromatic rings. The summed E-state index contributed by atoms with van der Waals surface area (Å²) in [4.78, 5) is 25.2. The molecule has 0 bridgehead atoms. The van der Waals surface area contributed by atoms with Crippen LogP contribution in [0, 0.1) is 0 Å². The number of nitrogens with one attached hydrogen (secondary N) is 1. The lowest BCUT2D eigenvalue weighted by Gasteiger charge is -2.14. The van der Waals surface area contributed by atoms with Gasteiger partial charge in [0, 0.05) is 31.4 Å². The summed E-state index contributed by atoms with van der Waals surface area (Å²) in [5.41, 5.74) is 1.96. The van der Waals surface area contributed by atoms with E-state index >= 15 is 0 Å². The van der Waals surface area contributed by atoms with Crippen LogP contribution in [0.3, 0.4) is 0 Å². The summed E-state index contributed by atoms with van der Waals surface area (Å²) in [6.45, 7) is 0.313. The average Bonchev–Trinajstić information content (AvgIpc) is 2.70. The molecule has 0 spiro atoms. The van der Waals surface area contributed by atoms with Gasteiger partial charge in [-0.05, 0) is 35.4 Å². The number of thioether (sulfide) groups is 1. The number of hydrogen-bond acceptors (Lipinski definition) is 5. The van der Waals surface area contributed by atoms with Gasteiger partial charge in [0.1, 0.15) is 0 Å². The zero-order valence-corrected chi connectivity index (χ0v) is 18.3. The van der Waals surface area contributed by atoms with Crippen molar-refractivity contribution in [2.24, 2.45) is 0 Å². The van der Waals surface area contributed by atoms with Crippen molar-refractivity contribution in [3.05, 3.63) is 58.6 Å². The van der Waals surface area contributed by atoms with Crippen LogP contribution >= 0.6 is 23.4 Å². The van der Waals surface area contributed by atoms with E-state index < -0.39 is 0 Å². The van der Waals surface area contributed by atoms with E-state index in [9.17, 15) is 9.59 Å². The first-order valence-corrected chi connectivity index (χ1v) is 10.5. The largest absolute Gasteiger partial charge is 0.493 e. The average molecular weight is 437 g/mol. The molecule has 0 unspecified atom stereocenters. The van der Waals surface area contributed by atoms with Crippen LogP contribution in [0.4, 0.5) is 0 Å². The minimum atomic E-state index is -0.140. The van der Waals surface area contributed by atoms with Crippen molar-refractivity contribution in [1.29, 1.82) is 0 Å². The molecule has 29 heavy (non-hydrogen) atoms. The second-order valence-electron chi connectivity index (χ2n) is 6.46. The van der Waals surface area contributed by atoms with Crippen LogP contribution in [-0.2, 0) is 21.9 Å². The molecule has 156 valence electrons. The summed E-state index contributed by atoms with van der Waals surface area (Å²) in [5.74, 6) is 1.89. The summed E-state index contributed by atoms with van der Waals surface area (Å²) >= 11 is 7.49. The molecule has 0 heterocycles. The quantitative estimate of drug-likeness (QED) is 0.618. The zero-order valence-electron chi connectivity index (χ0n) is 16.7. The molecule has 2 rings (SSSR count). The van der Waals surface area contributed by atoms with Crippen LogP contribution < -0.4 is 14.8 Å². The Labute approximate surface area is 180 Å². The van der Waals surface area contributed by atoms with E-state index in [1.54, 1.807) is 26.2 Å². The first-order valence-electron chi connectivity index (χ1n) is 8.97.